The molecule has 3 aromatic rings. The van der Waals surface area contributed by atoms with Crippen LogP contribution in [0.3, 0.4) is 0 Å². The van der Waals surface area contributed by atoms with E-state index in [1.165, 1.54) is 24.3 Å². The predicted octanol–water partition coefficient (Wildman–Crippen LogP) is 3.93. The van der Waals surface area contributed by atoms with Gasteiger partial charge in [0.2, 0.25) is 0 Å². The second-order valence-corrected chi connectivity index (χ2v) is 5.50. The lowest BCUT2D eigenvalue weighted by Crippen LogP contribution is -2.15. The van der Waals surface area contributed by atoms with Crippen molar-refractivity contribution in [2.45, 2.75) is 6.92 Å². The molecule has 0 fully saturated rings. The van der Waals surface area contributed by atoms with Gasteiger partial charge in [-0.3, -0.25) is 4.79 Å². The molecular formula is C19H17FN4O2. The number of aryl methyl sites for hydroxylation is 1. The SMILES string of the molecule is COc1cccc(Nc2cc(C(=O)Nc3ccc(F)cc3)nc(C)n2)c1. The number of rotatable bonds is 5. The number of carbonyl (C=O) groups is 1. The molecular weight excluding hydrogens is 335 g/mol. The van der Waals surface area contributed by atoms with Crippen LogP contribution in [0.2, 0.25) is 0 Å². The minimum Gasteiger partial charge on any atom is -0.497 e. The smallest absolute Gasteiger partial charge is 0.274 e. The van der Waals surface area contributed by atoms with Crippen LogP contribution in [0.4, 0.5) is 21.6 Å². The zero-order valence-corrected chi connectivity index (χ0v) is 14.3. The fraction of sp³-hybridized carbons (Fsp3) is 0.105. The van der Waals surface area contributed by atoms with Crippen LogP contribution in [0.25, 0.3) is 0 Å². The maximum Gasteiger partial charge on any atom is 0.274 e. The second kappa shape index (κ2) is 7.60. The Morgan fingerprint density at radius 3 is 2.54 bits per heavy atom. The molecule has 0 bridgehead atoms. The Morgan fingerprint density at radius 2 is 1.81 bits per heavy atom. The van der Waals surface area contributed by atoms with Gasteiger partial charge in [0.25, 0.3) is 5.91 Å². The normalized spacial score (nSPS) is 10.3. The average Bonchev–Trinajstić information content (AvgIpc) is 2.63. The molecule has 0 saturated heterocycles. The van der Waals surface area contributed by atoms with E-state index in [1.807, 2.05) is 24.3 Å². The molecule has 0 radical (unpaired) electrons. The van der Waals surface area contributed by atoms with E-state index in [4.69, 9.17) is 4.74 Å². The van der Waals surface area contributed by atoms with Crippen molar-refractivity contribution >= 4 is 23.1 Å². The highest BCUT2D eigenvalue weighted by Crippen LogP contribution is 2.21. The number of benzene rings is 2. The highest BCUT2D eigenvalue weighted by molar-refractivity contribution is 6.03. The number of nitrogens with one attached hydrogen (secondary N) is 2. The topological polar surface area (TPSA) is 76.1 Å². The van der Waals surface area contributed by atoms with Crippen molar-refractivity contribution in [2.24, 2.45) is 0 Å². The predicted molar refractivity (Wildman–Crippen MR) is 97.4 cm³/mol. The molecule has 0 atom stereocenters. The second-order valence-electron chi connectivity index (χ2n) is 5.50. The summed E-state index contributed by atoms with van der Waals surface area (Å²) < 4.78 is 18.2. The molecule has 7 heteroatoms. The molecule has 0 saturated carbocycles. The van der Waals surface area contributed by atoms with E-state index in [1.54, 1.807) is 20.1 Å². The maximum absolute atomic E-state index is 13.0. The highest BCUT2D eigenvalue weighted by atomic mass is 19.1. The van der Waals surface area contributed by atoms with Gasteiger partial charge in [0, 0.05) is 23.5 Å². The third kappa shape index (κ3) is 4.32. The molecule has 0 spiro atoms. The lowest BCUT2D eigenvalue weighted by atomic mass is 10.2. The lowest BCUT2D eigenvalue weighted by molar-refractivity contribution is 0.102. The first-order valence-electron chi connectivity index (χ1n) is 7.87. The molecule has 0 aliphatic carbocycles. The maximum atomic E-state index is 13.0. The van der Waals surface area contributed by atoms with Crippen molar-refractivity contribution in [3.05, 3.63) is 71.9 Å². The number of halogens is 1. The van der Waals surface area contributed by atoms with E-state index in [-0.39, 0.29) is 11.5 Å². The van der Waals surface area contributed by atoms with E-state index in [2.05, 4.69) is 20.6 Å². The van der Waals surface area contributed by atoms with E-state index >= 15 is 0 Å². The zero-order valence-electron chi connectivity index (χ0n) is 14.3. The molecule has 0 aliphatic rings. The summed E-state index contributed by atoms with van der Waals surface area (Å²) in [7, 11) is 1.59. The van der Waals surface area contributed by atoms with Crippen molar-refractivity contribution in [3.8, 4) is 5.75 Å². The van der Waals surface area contributed by atoms with Gasteiger partial charge in [0.15, 0.2) is 0 Å². The number of anilines is 3. The first kappa shape index (κ1) is 17.3. The van der Waals surface area contributed by atoms with Gasteiger partial charge in [-0.05, 0) is 43.3 Å². The van der Waals surface area contributed by atoms with E-state index in [9.17, 15) is 9.18 Å². The molecule has 0 unspecified atom stereocenters. The lowest BCUT2D eigenvalue weighted by Gasteiger charge is -2.10. The fourth-order valence-electron chi connectivity index (χ4n) is 2.33. The van der Waals surface area contributed by atoms with Crippen molar-refractivity contribution < 1.29 is 13.9 Å². The number of amides is 1. The van der Waals surface area contributed by atoms with Gasteiger partial charge in [-0.2, -0.15) is 0 Å². The van der Waals surface area contributed by atoms with Gasteiger partial charge >= 0.3 is 0 Å². The fourth-order valence-corrected chi connectivity index (χ4v) is 2.33. The summed E-state index contributed by atoms with van der Waals surface area (Å²) in [4.78, 5) is 20.9. The Morgan fingerprint density at radius 1 is 1.04 bits per heavy atom. The third-order valence-corrected chi connectivity index (χ3v) is 3.51. The summed E-state index contributed by atoms with van der Waals surface area (Å²) in [5, 5.41) is 5.80. The molecule has 132 valence electrons. The van der Waals surface area contributed by atoms with E-state index in [0.29, 0.717) is 23.1 Å². The number of hydrogen-bond acceptors (Lipinski definition) is 5. The molecule has 2 aromatic carbocycles. The monoisotopic (exact) mass is 352 g/mol. The van der Waals surface area contributed by atoms with Crippen molar-refractivity contribution in [1.82, 2.24) is 9.97 Å². The van der Waals surface area contributed by atoms with Crippen molar-refractivity contribution in [2.75, 3.05) is 17.7 Å². The summed E-state index contributed by atoms with van der Waals surface area (Å²) in [6.07, 6.45) is 0. The molecule has 0 aliphatic heterocycles. The van der Waals surface area contributed by atoms with E-state index < -0.39 is 5.91 Å². The number of nitrogens with zero attached hydrogens (tertiary/aromatic N) is 2. The first-order chi connectivity index (χ1) is 12.5. The quantitative estimate of drug-likeness (QED) is 0.728. The van der Waals surface area contributed by atoms with Crippen molar-refractivity contribution in [1.29, 1.82) is 0 Å². The Labute approximate surface area is 150 Å². The standard InChI is InChI=1S/C19H17FN4O2/c1-12-21-17(19(25)24-14-8-6-13(20)7-9-14)11-18(22-12)23-15-4-3-5-16(10-15)26-2/h3-11H,1-2H3,(H,24,25)(H,21,22,23). The van der Waals surface area contributed by atoms with Crippen LogP contribution in [0.5, 0.6) is 5.75 Å². The van der Waals surface area contributed by atoms with Crippen LogP contribution in [-0.4, -0.2) is 23.0 Å². The summed E-state index contributed by atoms with van der Waals surface area (Å²) in [5.74, 6) is 0.855. The summed E-state index contributed by atoms with van der Waals surface area (Å²) in [6, 6.07) is 14.4. The molecule has 1 aromatic heterocycles. The minimum atomic E-state index is -0.407. The molecule has 2 N–H and O–H groups in total. The molecule has 1 amide bonds. The van der Waals surface area contributed by atoms with Crippen LogP contribution >= 0.6 is 0 Å². The van der Waals surface area contributed by atoms with Crippen molar-refractivity contribution in [3.63, 3.8) is 0 Å². The molecule has 1 heterocycles. The number of hydrogen-bond donors (Lipinski definition) is 2. The summed E-state index contributed by atoms with van der Waals surface area (Å²) in [5.41, 5.74) is 1.45. The van der Waals surface area contributed by atoms with Gasteiger partial charge < -0.3 is 15.4 Å². The summed E-state index contributed by atoms with van der Waals surface area (Å²) in [6.45, 7) is 1.70. The van der Waals surface area contributed by atoms with Gasteiger partial charge in [-0.25, -0.2) is 14.4 Å². The van der Waals surface area contributed by atoms with Gasteiger partial charge in [-0.15, -0.1) is 0 Å². The van der Waals surface area contributed by atoms with Crippen LogP contribution in [0.15, 0.2) is 54.6 Å². The third-order valence-electron chi connectivity index (χ3n) is 3.51. The Hall–Kier alpha value is -3.48. The van der Waals surface area contributed by atoms with Gasteiger partial charge in [-0.1, -0.05) is 6.07 Å². The highest BCUT2D eigenvalue weighted by Gasteiger charge is 2.11. The van der Waals surface area contributed by atoms with Gasteiger partial charge in [0.1, 0.15) is 28.9 Å². The molecule has 26 heavy (non-hydrogen) atoms. The number of methoxy groups -OCH3 is 1. The minimum absolute atomic E-state index is 0.201. The average molecular weight is 352 g/mol. The first-order valence-corrected chi connectivity index (χ1v) is 7.87. The van der Waals surface area contributed by atoms with Crippen LogP contribution in [0, 0.1) is 12.7 Å². The van der Waals surface area contributed by atoms with Gasteiger partial charge in [0.05, 0.1) is 7.11 Å². The van der Waals surface area contributed by atoms with Crippen LogP contribution < -0.4 is 15.4 Å². The number of aromatic nitrogens is 2. The molecule has 3 rings (SSSR count). The molecule has 6 nitrogen and oxygen atoms in total. The number of carbonyl (C=O) groups excluding carboxylic acids is 1. The van der Waals surface area contributed by atoms with E-state index in [0.717, 1.165) is 5.69 Å². The Bertz CT molecular complexity index is 929. The van der Waals surface area contributed by atoms with Crippen LogP contribution in [0.1, 0.15) is 16.3 Å². The Balaban J connectivity index is 1.80. The Kier molecular flexibility index (Phi) is 5.07. The largest absolute Gasteiger partial charge is 0.497 e. The number of ether oxygens (including phenoxy) is 1. The van der Waals surface area contributed by atoms with Crippen LogP contribution in [-0.2, 0) is 0 Å². The summed E-state index contributed by atoms with van der Waals surface area (Å²) >= 11 is 0. The zero-order chi connectivity index (χ0) is 18.5.